The van der Waals surface area contributed by atoms with Crippen molar-refractivity contribution in [2.75, 3.05) is 0 Å². The Morgan fingerprint density at radius 1 is 1.19 bits per heavy atom. The Morgan fingerprint density at radius 2 is 1.92 bits per heavy atom. The molecule has 1 aromatic heterocycles. The quantitative estimate of drug-likeness (QED) is 0.709. The van der Waals surface area contributed by atoms with Gasteiger partial charge >= 0.3 is 0 Å². The number of hydrogen-bond acceptors (Lipinski definition) is 3. The van der Waals surface area contributed by atoms with Gasteiger partial charge < -0.3 is 15.1 Å². The maximum Gasteiger partial charge on any atom is 0.257 e. The van der Waals surface area contributed by atoms with Crippen molar-refractivity contribution in [2.45, 2.75) is 38.4 Å². The first-order valence-corrected chi connectivity index (χ1v) is 8.76. The minimum atomic E-state index is 0. The van der Waals surface area contributed by atoms with Gasteiger partial charge in [0, 0.05) is 6.04 Å². The van der Waals surface area contributed by atoms with Crippen LogP contribution in [-0.4, -0.2) is 16.8 Å². The maximum atomic E-state index is 13.1. The Balaban J connectivity index is 0.00000196. The molecule has 1 amide bonds. The Kier molecular flexibility index (Phi) is 5.35. The third kappa shape index (κ3) is 3.48. The van der Waals surface area contributed by atoms with Crippen LogP contribution >= 0.6 is 12.4 Å². The second-order valence-corrected chi connectivity index (χ2v) is 6.73. The molecule has 1 heterocycles. The van der Waals surface area contributed by atoms with E-state index in [-0.39, 0.29) is 24.4 Å². The molecule has 1 unspecified atom stereocenters. The molecule has 1 atom stereocenters. The van der Waals surface area contributed by atoms with E-state index in [9.17, 15) is 4.79 Å². The van der Waals surface area contributed by atoms with Gasteiger partial charge in [0.1, 0.15) is 12.0 Å². The molecule has 0 radical (unpaired) electrons. The van der Waals surface area contributed by atoms with Crippen molar-refractivity contribution in [1.29, 1.82) is 0 Å². The van der Waals surface area contributed by atoms with E-state index in [1.54, 1.807) is 6.07 Å². The number of nitrogens with two attached hydrogens (primary N) is 1. The summed E-state index contributed by atoms with van der Waals surface area (Å²) in [5.74, 6) is 0.657. The highest BCUT2D eigenvalue weighted by molar-refractivity contribution is 5.95. The van der Waals surface area contributed by atoms with Crippen molar-refractivity contribution in [3.63, 3.8) is 0 Å². The fourth-order valence-electron chi connectivity index (χ4n) is 3.39. The lowest BCUT2D eigenvalue weighted by atomic mass is 10.0. The van der Waals surface area contributed by atoms with E-state index in [0.717, 1.165) is 18.4 Å². The topological polar surface area (TPSA) is 59.5 Å². The summed E-state index contributed by atoms with van der Waals surface area (Å²) in [5, 5.41) is 2.41. The number of nitrogens with zero attached hydrogens (tertiary/aromatic N) is 1. The fourth-order valence-corrected chi connectivity index (χ4v) is 3.39. The van der Waals surface area contributed by atoms with Crippen LogP contribution in [0.3, 0.4) is 0 Å². The lowest BCUT2D eigenvalue weighted by Gasteiger charge is -2.29. The van der Waals surface area contributed by atoms with Gasteiger partial charge in [0.2, 0.25) is 0 Å². The van der Waals surface area contributed by atoms with Gasteiger partial charge in [0.05, 0.1) is 18.2 Å². The van der Waals surface area contributed by atoms with Gasteiger partial charge in [0.25, 0.3) is 5.91 Å². The monoisotopic (exact) mass is 370 g/mol. The van der Waals surface area contributed by atoms with Crippen LogP contribution < -0.4 is 5.73 Å². The van der Waals surface area contributed by atoms with Crippen molar-refractivity contribution in [1.82, 2.24) is 4.90 Å². The standard InChI is InChI=1S/C21H22N2O2.ClH/c1-14(16-7-6-15-4-2-3-5-17(15)10-16)23(19-8-9-19)21(24)18-11-20(12-22)25-13-18;/h2-7,10-11,13-14,19H,8-9,12,22H2,1H3;1H. The third-order valence-electron chi connectivity index (χ3n) is 4.95. The predicted octanol–water partition coefficient (Wildman–Crippen LogP) is 4.68. The summed E-state index contributed by atoms with van der Waals surface area (Å²) >= 11 is 0. The molecule has 0 spiro atoms. The molecule has 26 heavy (non-hydrogen) atoms. The summed E-state index contributed by atoms with van der Waals surface area (Å²) in [6.07, 6.45) is 3.64. The maximum absolute atomic E-state index is 13.1. The molecular formula is C21H23ClN2O2. The Hall–Kier alpha value is -2.30. The molecule has 0 bridgehead atoms. The zero-order valence-electron chi connectivity index (χ0n) is 14.7. The molecule has 5 heteroatoms. The average molecular weight is 371 g/mol. The first kappa shape index (κ1) is 18.5. The van der Waals surface area contributed by atoms with Gasteiger partial charge in [0.15, 0.2) is 0 Å². The van der Waals surface area contributed by atoms with Crippen LogP contribution in [0, 0.1) is 0 Å². The molecule has 136 valence electrons. The molecular weight excluding hydrogens is 348 g/mol. The van der Waals surface area contributed by atoms with Crippen LogP contribution in [-0.2, 0) is 6.54 Å². The lowest BCUT2D eigenvalue weighted by Crippen LogP contribution is -2.35. The van der Waals surface area contributed by atoms with Crippen molar-refractivity contribution < 1.29 is 9.21 Å². The van der Waals surface area contributed by atoms with Gasteiger partial charge in [-0.15, -0.1) is 12.4 Å². The van der Waals surface area contributed by atoms with E-state index in [1.165, 1.54) is 17.0 Å². The first-order valence-electron chi connectivity index (χ1n) is 8.76. The van der Waals surface area contributed by atoms with Crippen LogP contribution in [0.4, 0.5) is 0 Å². The van der Waals surface area contributed by atoms with E-state index in [2.05, 4.69) is 37.3 Å². The Bertz CT molecular complexity index is 917. The number of rotatable bonds is 5. The summed E-state index contributed by atoms with van der Waals surface area (Å²) < 4.78 is 5.36. The largest absolute Gasteiger partial charge is 0.467 e. The number of halogens is 1. The normalized spacial score (nSPS) is 14.7. The summed E-state index contributed by atoms with van der Waals surface area (Å²) in [5.41, 5.74) is 7.33. The summed E-state index contributed by atoms with van der Waals surface area (Å²) in [4.78, 5) is 15.1. The van der Waals surface area contributed by atoms with Crippen molar-refractivity contribution in [3.05, 3.63) is 71.7 Å². The number of benzene rings is 2. The number of carbonyl (C=O) groups excluding carboxylic acids is 1. The molecule has 0 saturated heterocycles. The van der Waals surface area contributed by atoms with E-state index in [0.29, 0.717) is 23.9 Å². The second kappa shape index (κ2) is 7.52. The smallest absolute Gasteiger partial charge is 0.257 e. The zero-order valence-corrected chi connectivity index (χ0v) is 15.5. The fraction of sp³-hybridized carbons (Fsp3) is 0.286. The van der Waals surface area contributed by atoms with Crippen molar-refractivity contribution in [2.24, 2.45) is 5.73 Å². The van der Waals surface area contributed by atoms with Gasteiger partial charge in [-0.2, -0.15) is 0 Å². The number of carbonyl (C=O) groups is 1. The number of furan rings is 1. The van der Waals surface area contributed by atoms with Crippen molar-refractivity contribution in [3.8, 4) is 0 Å². The molecule has 1 aliphatic rings. The lowest BCUT2D eigenvalue weighted by molar-refractivity contribution is 0.0673. The Labute approximate surface area is 159 Å². The number of hydrogen-bond donors (Lipinski definition) is 1. The predicted molar refractivity (Wildman–Crippen MR) is 105 cm³/mol. The van der Waals surface area contributed by atoms with Gasteiger partial charge in [-0.25, -0.2) is 0 Å². The summed E-state index contributed by atoms with van der Waals surface area (Å²) in [6.45, 7) is 2.40. The molecule has 1 aliphatic carbocycles. The number of fused-ring (bicyclic) bond motifs is 1. The molecule has 1 fully saturated rings. The first-order chi connectivity index (χ1) is 12.2. The van der Waals surface area contributed by atoms with E-state index >= 15 is 0 Å². The van der Waals surface area contributed by atoms with Crippen LogP contribution in [0.1, 0.15) is 47.5 Å². The molecule has 4 nitrogen and oxygen atoms in total. The highest BCUT2D eigenvalue weighted by Crippen LogP contribution is 2.36. The highest BCUT2D eigenvalue weighted by atomic mass is 35.5. The van der Waals surface area contributed by atoms with Crippen LogP contribution in [0.25, 0.3) is 10.8 Å². The number of amides is 1. The van der Waals surface area contributed by atoms with Crippen LogP contribution in [0.15, 0.2) is 59.2 Å². The van der Waals surface area contributed by atoms with Gasteiger partial charge in [-0.1, -0.05) is 36.4 Å². The third-order valence-corrected chi connectivity index (χ3v) is 4.95. The minimum Gasteiger partial charge on any atom is -0.467 e. The second-order valence-electron chi connectivity index (χ2n) is 6.73. The SMILES string of the molecule is CC(c1ccc2ccccc2c1)N(C(=O)c1coc(CN)c1)C1CC1.Cl. The van der Waals surface area contributed by atoms with Crippen LogP contribution in [0.2, 0.25) is 0 Å². The summed E-state index contributed by atoms with van der Waals surface area (Å²) in [7, 11) is 0. The molecule has 1 saturated carbocycles. The van der Waals surface area contributed by atoms with Crippen LogP contribution in [0.5, 0.6) is 0 Å². The summed E-state index contributed by atoms with van der Waals surface area (Å²) in [6, 6.07) is 16.8. The highest BCUT2D eigenvalue weighted by Gasteiger charge is 2.37. The molecule has 2 aromatic carbocycles. The average Bonchev–Trinajstić information content (AvgIpc) is 3.36. The van der Waals surface area contributed by atoms with E-state index in [1.807, 2.05) is 17.0 Å². The van der Waals surface area contributed by atoms with Gasteiger partial charge in [-0.05, 0) is 48.2 Å². The Morgan fingerprint density at radius 3 is 2.58 bits per heavy atom. The molecule has 3 aromatic rings. The molecule has 2 N–H and O–H groups in total. The van der Waals surface area contributed by atoms with E-state index in [4.69, 9.17) is 10.2 Å². The minimum absolute atomic E-state index is 0. The van der Waals surface area contributed by atoms with Gasteiger partial charge in [-0.3, -0.25) is 4.79 Å². The molecule has 0 aliphatic heterocycles. The zero-order chi connectivity index (χ0) is 17.4. The van der Waals surface area contributed by atoms with Crippen molar-refractivity contribution >= 4 is 29.1 Å². The van der Waals surface area contributed by atoms with E-state index < -0.39 is 0 Å². The molecule has 4 rings (SSSR count).